The van der Waals surface area contributed by atoms with Crippen molar-refractivity contribution in [2.75, 3.05) is 39.1 Å². The van der Waals surface area contributed by atoms with E-state index < -0.39 is 0 Å². The Balaban J connectivity index is 2.35. The van der Waals surface area contributed by atoms with Crippen molar-refractivity contribution in [3.63, 3.8) is 0 Å². The lowest BCUT2D eigenvalue weighted by atomic mass is 10.2. The van der Waals surface area contributed by atoms with Gasteiger partial charge in [-0.05, 0) is 70.0 Å². The van der Waals surface area contributed by atoms with Crippen LogP contribution in [0.2, 0.25) is 0 Å². The van der Waals surface area contributed by atoms with E-state index in [1.54, 1.807) is 12.1 Å². The molecule has 0 bridgehead atoms. The molecule has 2 N–H and O–H groups in total. The van der Waals surface area contributed by atoms with Crippen molar-refractivity contribution >= 4 is 29.0 Å². The van der Waals surface area contributed by atoms with Crippen LogP contribution in [0.25, 0.3) is 0 Å². The Labute approximate surface area is 144 Å². The number of hydrogen-bond acceptors (Lipinski definition) is 4. The third-order valence-electron chi connectivity index (χ3n) is 3.18. The molecule has 0 unspecified atom stereocenters. The third-order valence-corrected chi connectivity index (χ3v) is 3.42. The maximum Gasteiger partial charge on any atom is 0.338 e. The molecule has 1 rings (SSSR count). The van der Waals surface area contributed by atoms with Gasteiger partial charge >= 0.3 is 5.97 Å². The highest BCUT2D eigenvalue weighted by molar-refractivity contribution is 7.80. The SMILES string of the molecule is CCCCOC(=O)c1ccc(NC(=S)NCCCN(C)C)cc1. The van der Waals surface area contributed by atoms with E-state index in [1.807, 2.05) is 26.2 Å². The summed E-state index contributed by atoms with van der Waals surface area (Å²) < 4.78 is 5.17. The predicted octanol–water partition coefficient (Wildman–Crippen LogP) is 2.88. The lowest BCUT2D eigenvalue weighted by Crippen LogP contribution is -2.30. The molecular weight excluding hydrogens is 310 g/mol. The molecule has 0 aliphatic heterocycles. The zero-order chi connectivity index (χ0) is 17.1. The highest BCUT2D eigenvalue weighted by atomic mass is 32.1. The summed E-state index contributed by atoms with van der Waals surface area (Å²) in [6.07, 6.45) is 2.92. The summed E-state index contributed by atoms with van der Waals surface area (Å²) in [5, 5.41) is 6.85. The number of benzene rings is 1. The van der Waals surface area contributed by atoms with Crippen LogP contribution in [0.4, 0.5) is 5.69 Å². The zero-order valence-electron chi connectivity index (χ0n) is 14.2. The minimum absolute atomic E-state index is 0.283. The van der Waals surface area contributed by atoms with Crippen LogP contribution in [-0.4, -0.2) is 49.8 Å². The lowest BCUT2D eigenvalue weighted by Gasteiger charge is -2.13. The molecule has 0 saturated heterocycles. The fourth-order valence-corrected chi connectivity index (χ4v) is 2.07. The van der Waals surface area contributed by atoms with Gasteiger partial charge in [-0.3, -0.25) is 0 Å². The highest BCUT2D eigenvalue weighted by Crippen LogP contribution is 2.10. The van der Waals surface area contributed by atoms with Crippen molar-refractivity contribution < 1.29 is 9.53 Å². The van der Waals surface area contributed by atoms with E-state index >= 15 is 0 Å². The van der Waals surface area contributed by atoms with Gasteiger partial charge in [0.2, 0.25) is 0 Å². The average molecular weight is 337 g/mol. The molecule has 6 heteroatoms. The minimum Gasteiger partial charge on any atom is -0.462 e. The Hall–Kier alpha value is -1.66. The molecule has 0 spiro atoms. The van der Waals surface area contributed by atoms with Gasteiger partial charge in [0.05, 0.1) is 12.2 Å². The van der Waals surface area contributed by atoms with Gasteiger partial charge in [-0.25, -0.2) is 4.79 Å². The number of anilines is 1. The molecule has 128 valence electrons. The van der Waals surface area contributed by atoms with Crippen molar-refractivity contribution in [3.05, 3.63) is 29.8 Å². The standard InChI is InChI=1S/C17H27N3O2S/c1-4-5-13-22-16(21)14-7-9-15(10-8-14)19-17(23)18-11-6-12-20(2)3/h7-10H,4-6,11-13H2,1-3H3,(H2,18,19,23). The van der Waals surface area contributed by atoms with E-state index in [1.165, 1.54) is 0 Å². The van der Waals surface area contributed by atoms with Crippen LogP contribution >= 0.6 is 12.2 Å². The number of nitrogens with zero attached hydrogens (tertiary/aromatic N) is 1. The van der Waals surface area contributed by atoms with Crippen LogP contribution in [0, 0.1) is 0 Å². The predicted molar refractivity (Wildman–Crippen MR) is 99.0 cm³/mol. The first-order chi connectivity index (χ1) is 11.0. The van der Waals surface area contributed by atoms with Crippen LogP contribution in [0.3, 0.4) is 0 Å². The van der Waals surface area contributed by atoms with Crippen LogP contribution in [0.15, 0.2) is 24.3 Å². The number of carbonyl (C=O) groups excluding carboxylic acids is 1. The number of nitrogens with one attached hydrogen (secondary N) is 2. The number of carbonyl (C=O) groups is 1. The molecule has 0 saturated carbocycles. The summed E-state index contributed by atoms with van der Waals surface area (Å²) in [4.78, 5) is 13.9. The van der Waals surface area contributed by atoms with Crippen LogP contribution < -0.4 is 10.6 Å². The summed E-state index contributed by atoms with van der Waals surface area (Å²) in [6.45, 7) is 4.37. The summed E-state index contributed by atoms with van der Waals surface area (Å²) in [6, 6.07) is 7.13. The fourth-order valence-electron chi connectivity index (χ4n) is 1.85. The first kappa shape index (κ1) is 19.4. The molecule has 0 heterocycles. The van der Waals surface area contributed by atoms with E-state index in [0.29, 0.717) is 17.3 Å². The van der Waals surface area contributed by atoms with Crippen LogP contribution in [-0.2, 0) is 4.74 Å². The second kappa shape index (κ2) is 11.0. The average Bonchev–Trinajstić information content (AvgIpc) is 2.52. The summed E-state index contributed by atoms with van der Waals surface area (Å²) in [5.74, 6) is -0.283. The molecule has 0 radical (unpaired) electrons. The number of rotatable bonds is 9. The van der Waals surface area contributed by atoms with E-state index in [2.05, 4.69) is 22.5 Å². The van der Waals surface area contributed by atoms with Gasteiger partial charge in [-0.1, -0.05) is 13.3 Å². The van der Waals surface area contributed by atoms with Gasteiger partial charge in [-0.2, -0.15) is 0 Å². The van der Waals surface area contributed by atoms with Crippen molar-refractivity contribution in [2.45, 2.75) is 26.2 Å². The first-order valence-electron chi connectivity index (χ1n) is 7.99. The molecule has 0 aromatic heterocycles. The Morgan fingerprint density at radius 3 is 2.52 bits per heavy atom. The second-order valence-corrected chi connectivity index (χ2v) is 6.01. The Morgan fingerprint density at radius 1 is 1.22 bits per heavy atom. The summed E-state index contributed by atoms with van der Waals surface area (Å²) >= 11 is 5.24. The van der Waals surface area contributed by atoms with E-state index in [4.69, 9.17) is 17.0 Å². The largest absolute Gasteiger partial charge is 0.462 e. The summed E-state index contributed by atoms with van der Waals surface area (Å²) in [7, 11) is 4.09. The Bertz CT molecular complexity index is 489. The van der Waals surface area contributed by atoms with E-state index in [-0.39, 0.29) is 5.97 Å². The smallest absolute Gasteiger partial charge is 0.338 e. The number of esters is 1. The summed E-state index contributed by atoms with van der Waals surface area (Å²) in [5.41, 5.74) is 1.40. The van der Waals surface area contributed by atoms with Gasteiger partial charge < -0.3 is 20.3 Å². The zero-order valence-corrected chi connectivity index (χ0v) is 15.0. The molecule has 1 aromatic carbocycles. The van der Waals surface area contributed by atoms with Gasteiger partial charge in [0.25, 0.3) is 0 Å². The van der Waals surface area contributed by atoms with E-state index in [9.17, 15) is 4.79 Å². The van der Waals surface area contributed by atoms with Crippen molar-refractivity contribution in [2.24, 2.45) is 0 Å². The molecule has 0 aliphatic carbocycles. The number of hydrogen-bond donors (Lipinski definition) is 2. The van der Waals surface area contributed by atoms with Crippen LogP contribution in [0.5, 0.6) is 0 Å². The highest BCUT2D eigenvalue weighted by Gasteiger charge is 2.06. The number of ether oxygens (including phenoxy) is 1. The van der Waals surface area contributed by atoms with Crippen LogP contribution in [0.1, 0.15) is 36.5 Å². The van der Waals surface area contributed by atoms with Crippen molar-refractivity contribution in [1.82, 2.24) is 10.2 Å². The van der Waals surface area contributed by atoms with Crippen molar-refractivity contribution in [3.8, 4) is 0 Å². The normalized spacial score (nSPS) is 10.4. The Kier molecular flexibility index (Phi) is 9.24. The quantitative estimate of drug-likeness (QED) is 0.410. The molecule has 5 nitrogen and oxygen atoms in total. The van der Waals surface area contributed by atoms with E-state index in [0.717, 1.165) is 38.0 Å². The maximum absolute atomic E-state index is 11.8. The monoisotopic (exact) mass is 337 g/mol. The topological polar surface area (TPSA) is 53.6 Å². The second-order valence-electron chi connectivity index (χ2n) is 5.60. The Morgan fingerprint density at radius 2 is 1.91 bits per heavy atom. The molecule has 0 atom stereocenters. The molecule has 23 heavy (non-hydrogen) atoms. The number of thiocarbonyl (C=S) groups is 1. The number of unbranched alkanes of at least 4 members (excludes halogenated alkanes) is 1. The van der Waals surface area contributed by atoms with Gasteiger partial charge in [0.1, 0.15) is 0 Å². The maximum atomic E-state index is 11.8. The minimum atomic E-state index is -0.283. The molecule has 0 amide bonds. The fraction of sp³-hybridized carbons (Fsp3) is 0.529. The van der Waals surface area contributed by atoms with Gasteiger partial charge in [-0.15, -0.1) is 0 Å². The third kappa shape index (κ3) is 8.52. The molecule has 0 fully saturated rings. The van der Waals surface area contributed by atoms with Gasteiger partial charge in [0.15, 0.2) is 5.11 Å². The molecule has 0 aliphatic rings. The molecular formula is C17H27N3O2S. The lowest BCUT2D eigenvalue weighted by molar-refractivity contribution is 0.0500. The van der Waals surface area contributed by atoms with Crippen molar-refractivity contribution in [1.29, 1.82) is 0 Å². The first-order valence-corrected chi connectivity index (χ1v) is 8.40. The van der Waals surface area contributed by atoms with Gasteiger partial charge in [0, 0.05) is 12.2 Å². The molecule has 1 aromatic rings.